The molecule has 86 valence electrons. The van der Waals surface area contributed by atoms with E-state index in [1.807, 2.05) is 4.90 Å². The topological polar surface area (TPSA) is 29.5 Å². The van der Waals surface area contributed by atoms with Gasteiger partial charge in [0.1, 0.15) is 0 Å². The van der Waals surface area contributed by atoms with Crippen molar-refractivity contribution in [2.75, 3.05) is 18.5 Å². The maximum Gasteiger partial charge on any atom is 0.225 e. The van der Waals surface area contributed by atoms with Crippen LogP contribution in [0.4, 0.5) is 0 Å². The van der Waals surface area contributed by atoms with Gasteiger partial charge >= 0.3 is 0 Å². The summed E-state index contributed by atoms with van der Waals surface area (Å²) in [6, 6.07) is 0.524. The summed E-state index contributed by atoms with van der Waals surface area (Å²) in [6.45, 7) is 1.68. The molecule has 15 heavy (non-hydrogen) atoms. The number of ether oxygens (including phenoxy) is 1. The summed E-state index contributed by atoms with van der Waals surface area (Å²) in [4.78, 5) is 14.0. The van der Waals surface area contributed by atoms with Crippen molar-refractivity contribution in [2.24, 2.45) is 0 Å². The van der Waals surface area contributed by atoms with Crippen molar-refractivity contribution in [3.8, 4) is 0 Å². The molecule has 4 heteroatoms. The Kier molecular flexibility index (Phi) is 4.03. The molecular formula is C11H18BrNO2. The highest BCUT2D eigenvalue weighted by Crippen LogP contribution is 2.28. The molecule has 2 aliphatic rings. The Morgan fingerprint density at radius 2 is 2.20 bits per heavy atom. The number of hydrogen-bond donors (Lipinski definition) is 0. The third kappa shape index (κ3) is 3.18. The summed E-state index contributed by atoms with van der Waals surface area (Å²) in [5.74, 6) is 0.281. The number of rotatable bonds is 5. The van der Waals surface area contributed by atoms with Crippen LogP contribution in [-0.4, -0.2) is 41.4 Å². The lowest BCUT2D eigenvalue weighted by Crippen LogP contribution is -2.36. The van der Waals surface area contributed by atoms with E-state index in [-0.39, 0.29) is 12.0 Å². The van der Waals surface area contributed by atoms with Crippen LogP contribution in [0.15, 0.2) is 0 Å². The Labute approximate surface area is 99.3 Å². The zero-order chi connectivity index (χ0) is 10.7. The van der Waals surface area contributed by atoms with Crippen molar-refractivity contribution in [3.05, 3.63) is 0 Å². The largest absolute Gasteiger partial charge is 0.378 e. The van der Waals surface area contributed by atoms with Gasteiger partial charge in [-0.2, -0.15) is 0 Å². The third-order valence-corrected chi connectivity index (χ3v) is 3.41. The van der Waals surface area contributed by atoms with Gasteiger partial charge in [0.05, 0.1) is 12.5 Å². The number of amides is 1. The molecule has 0 bridgehead atoms. The molecule has 1 heterocycles. The average Bonchev–Trinajstić information content (AvgIpc) is 2.93. The molecule has 0 aromatic carbocycles. The molecule has 1 amide bonds. The van der Waals surface area contributed by atoms with Gasteiger partial charge in [0.2, 0.25) is 5.91 Å². The average molecular weight is 276 g/mol. The minimum absolute atomic E-state index is 0.189. The minimum atomic E-state index is 0.189. The van der Waals surface area contributed by atoms with Gasteiger partial charge in [0, 0.05) is 24.5 Å². The van der Waals surface area contributed by atoms with Crippen LogP contribution in [0.2, 0.25) is 0 Å². The third-order valence-electron chi connectivity index (χ3n) is 3.06. The van der Waals surface area contributed by atoms with E-state index in [4.69, 9.17) is 4.74 Å². The van der Waals surface area contributed by atoms with Crippen LogP contribution in [0, 0.1) is 0 Å². The molecular weight excluding hydrogens is 258 g/mol. The highest BCUT2D eigenvalue weighted by Gasteiger charge is 2.33. The minimum Gasteiger partial charge on any atom is -0.378 e. The first-order chi connectivity index (χ1) is 7.31. The monoisotopic (exact) mass is 275 g/mol. The zero-order valence-corrected chi connectivity index (χ0v) is 10.5. The number of nitrogens with zero attached hydrogens (tertiary/aromatic N) is 1. The van der Waals surface area contributed by atoms with Gasteiger partial charge in [0.25, 0.3) is 0 Å². The molecule has 0 aromatic rings. The molecule has 1 saturated heterocycles. The second kappa shape index (κ2) is 5.30. The summed E-state index contributed by atoms with van der Waals surface area (Å²) in [5, 5.41) is 0.876. The van der Waals surface area contributed by atoms with E-state index in [0.29, 0.717) is 12.5 Å². The van der Waals surface area contributed by atoms with E-state index in [2.05, 4.69) is 15.9 Å². The van der Waals surface area contributed by atoms with Gasteiger partial charge in [-0.15, -0.1) is 0 Å². The Hall–Kier alpha value is -0.0900. The van der Waals surface area contributed by atoms with Crippen LogP contribution in [0.5, 0.6) is 0 Å². The lowest BCUT2D eigenvalue weighted by molar-refractivity contribution is -0.133. The molecule has 1 unspecified atom stereocenters. The van der Waals surface area contributed by atoms with Crippen LogP contribution < -0.4 is 0 Å². The van der Waals surface area contributed by atoms with Gasteiger partial charge in [-0.25, -0.2) is 0 Å². The smallest absolute Gasteiger partial charge is 0.225 e. The Morgan fingerprint density at radius 3 is 2.73 bits per heavy atom. The normalized spacial score (nSPS) is 25.5. The zero-order valence-electron chi connectivity index (χ0n) is 8.95. The predicted octanol–water partition coefficient (Wildman–Crippen LogP) is 1.94. The fourth-order valence-corrected chi connectivity index (χ4v) is 2.49. The fourth-order valence-electron chi connectivity index (χ4n) is 2.11. The van der Waals surface area contributed by atoms with Crippen LogP contribution in [-0.2, 0) is 9.53 Å². The van der Waals surface area contributed by atoms with Crippen molar-refractivity contribution >= 4 is 21.8 Å². The van der Waals surface area contributed by atoms with Crippen LogP contribution in [0.25, 0.3) is 0 Å². The van der Waals surface area contributed by atoms with Crippen molar-refractivity contribution in [3.63, 3.8) is 0 Å². The van der Waals surface area contributed by atoms with Gasteiger partial charge < -0.3 is 9.64 Å². The van der Waals surface area contributed by atoms with E-state index in [9.17, 15) is 4.79 Å². The van der Waals surface area contributed by atoms with E-state index < -0.39 is 0 Å². The molecule has 0 aromatic heterocycles. The van der Waals surface area contributed by atoms with E-state index in [0.717, 1.165) is 31.3 Å². The van der Waals surface area contributed by atoms with Gasteiger partial charge in [-0.3, -0.25) is 4.79 Å². The van der Waals surface area contributed by atoms with Gasteiger partial charge in [-0.1, -0.05) is 15.9 Å². The molecule has 1 saturated carbocycles. The Morgan fingerprint density at radius 1 is 1.40 bits per heavy atom. The highest BCUT2D eigenvalue weighted by atomic mass is 79.9. The first-order valence-electron chi connectivity index (χ1n) is 5.78. The fraction of sp³-hybridized carbons (Fsp3) is 0.909. The highest BCUT2D eigenvalue weighted by molar-refractivity contribution is 9.09. The van der Waals surface area contributed by atoms with E-state index in [1.54, 1.807) is 0 Å². The standard InChI is InChI=1S/C11H18BrNO2/c12-5-6-13(9-3-4-9)11(14)8-10-2-1-7-15-10/h9-10H,1-8H2. The Balaban J connectivity index is 1.80. The first-order valence-corrected chi connectivity index (χ1v) is 6.90. The van der Waals surface area contributed by atoms with Crippen LogP contribution in [0.3, 0.4) is 0 Å². The summed E-state index contributed by atoms with van der Waals surface area (Å²) in [7, 11) is 0. The number of hydrogen-bond acceptors (Lipinski definition) is 2. The molecule has 0 radical (unpaired) electrons. The van der Waals surface area contributed by atoms with Crippen molar-refractivity contribution < 1.29 is 9.53 Å². The molecule has 0 N–H and O–H groups in total. The second-order valence-electron chi connectivity index (χ2n) is 4.35. The maximum absolute atomic E-state index is 12.0. The maximum atomic E-state index is 12.0. The molecule has 1 atom stereocenters. The number of halogens is 1. The van der Waals surface area contributed by atoms with Crippen LogP contribution >= 0.6 is 15.9 Å². The molecule has 1 aliphatic heterocycles. The molecule has 3 nitrogen and oxygen atoms in total. The van der Waals surface area contributed by atoms with Crippen LogP contribution in [0.1, 0.15) is 32.1 Å². The van der Waals surface area contributed by atoms with E-state index in [1.165, 1.54) is 12.8 Å². The first kappa shape index (κ1) is 11.4. The second-order valence-corrected chi connectivity index (χ2v) is 5.14. The molecule has 0 spiro atoms. The van der Waals surface area contributed by atoms with Crippen molar-refractivity contribution in [2.45, 2.75) is 44.2 Å². The Bertz CT molecular complexity index is 225. The number of alkyl halides is 1. The molecule has 2 rings (SSSR count). The number of carbonyl (C=O) groups excluding carboxylic acids is 1. The lowest BCUT2D eigenvalue weighted by atomic mass is 10.1. The SMILES string of the molecule is O=C(CC1CCCO1)N(CCBr)C1CC1. The summed E-state index contributed by atoms with van der Waals surface area (Å²) < 4.78 is 5.49. The molecule has 1 aliphatic carbocycles. The van der Waals surface area contributed by atoms with Gasteiger partial charge in [-0.05, 0) is 25.7 Å². The van der Waals surface area contributed by atoms with Crippen molar-refractivity contribution in [1.29, 1.82) is 0 Å². The van der Waals surface area contributed by atoms with E-state index >= 15 is 0 Å². The lowest BCUT2D eigenvalue weighted by Gasteiger charge is -2.22. The quantitative estimate of drug-likeness (QED) is 0.718. The summed E-state index contributed by atoms with van der Waals surface area (Å²) >= 11 is 3.40. The summed E-state index contributed by atoms with van der Waals surface area (Å²) in [5.41, 5.74) is 0. The van der Waals surface area contributed by atoms with Crippen molar-refractivity contribution in [1.82, 2.24) is 4.90 Å². The van der Waals surface area contributed by atoms with Gasteiger partial charge in [0.15, 0.2) is 0 Å². The predicted molar refractivity (Wildman–Crippen MR) is 62.1 cm³/mol. The summed E-state index contributed by atoms with van der Waals surface area (Å²) in [6.07, 6.45) is 5.31. The molecule has 2 fully saturated rings. The number of carbonyl (C=O) groups is 1.